The van der Waals surface area contributed by atoms with Crippen molar-refractivity contribution >= 4 is 27.1 Å². The van der Waals surface area contributed by atoms with Crippen LogP contribution in [0.15, 0.2) is 51.5 Å². The highest BCUT2D eigenvalue weighted by atomic mass is 32.2. The zero-order chi connectivity index (χ0) is 15.6. The van der Waals surface area contributed by atoms with Crippen LogP contribution in [0.3, 0.4) is 0 Å². The first-order chi connectivity index (χ1) is 9.77. The molecule has 7 heteroatoms. The van der Waals surface area contributed by atoms with Gasteiger partial charge in [0.05, 0.1) is 16.3 Å². The van der Waals surface area contributed by atoms with E-state index >= 15 is 0 Å². The van der Waals surface area contributed by atoms with Crippen molar-refractivity contribution in [2.45, 2.75) is 18.7 Å². The molecule has 0 atom stereocenters. The molecule has 0 heterocycles. The first kappa shape index (κ1) is 15.1. The van der Waals surface area contributed by atoms with Gasteiger partial charge in [-0.3, -0.25) is 0 Å². The maximum absolute atomic E-state index is 11.1. The summed E-state index contributed by atoms with van der Waals surface area (Å²) in [6.07, 6.45) is 0. The van der Waals surface area contributed by atoms with E-state index in [-0.39, 0.29) is 4.90 Å². The Morgan fingerprint density at radius 1 is 0.952 bits per heavy atom. The van der Waals surface area contributed by atoms with Crippen molar-refractivity contribution in [3.63, 3.8) is 0 Å². The number of benzene rings is 2. The number of hydrogen-bond donors (Lipinski definition) is 2. The second-order valence-corrected chi connectivity index (χ2v) is 6.30. The molecular formula is C14H16N4O2S. The molecule has 0 bridgehead atoms. The molecule has 110 valence electrons. The molecule has 0 aromatic heterocycles. The Morgan fingerprint density at radius 3 is 2.14 bits per heavy atom. The van der Waals surface area contributed by atoms with Crippen LogP contribution in [-0.2, 0) is 10.0 Å². The second-order valence-electron chi connectivity index (χ2n) is 4.73. The van der Waals surface area contributed by atoms with E-state index in [1.54, 1.807) is 12.1 Å². The number of nitrogens with zero attached hydrogens (tertiary/aromatic N) is 2. The van der Waals surface area contributed by atoms with Crippen LogP contribution in [0, 0.1) is 13.8 Å². The Hall–Kier alpha value is -2.25. The van der Waals surface area contributed by atoms with Crippen LogP contribution < -0.4 is 10.9 Å². The zero-order valence-electron chi connectivity index (χ0n) is 11.7. The summed E-state index contributed by atoms with van der Waals surface area (Å²) in [7, 11) is -3.69. The average molecular weight is 304 g/mol. The van der Waals surface area contributed by atoms with Crippen molar-refractivity contribution in [1.29, 1.82) is 0 Å². The van der Waals surface area contributed by atoms with E-state index in [0.717, 1.165) is 16.8 Å². The third kappa shape index (κ3) is 3.65. The largest absolute Gasteiger partial charge is 0.399 e. The first-order valence-corrected chi connectivity index (χ1v) is 7.73. The van der Waals surface area contributed by atoms with Gasteiger partial charge in [-0.05, 0) is 61.4 Å². The van der Waals surface area contributed by atoms with Crippen molar-refractivity contribution in [2.24, 2.45) is 15.4 Å². The highest BCUT2D eigenvalue weighted by Crippen LogP contribution is 2.26. The maximum atomic E-state index is 11.1. The van der Waals surface area contributed by atoms with Crippen LogP contribution in [0.2, 0.25) is 0 Å². The van der Waals surface area contributed by atoms with Gasteiger partial charge in [0.1, 0.15) is 0 Å². The molecule has 0 aliphatic carbocycles. The third-order valence-electron chi connectivity index (χ3n) is 3.02. The smallest absolute Gasteiger partial charge is 0.238 e. The van der Waals surface area contributed by atoms with Crippen LogP contribution in [0.4, 0.5) is 17.1 Å². The van der Waals surface area contributed by atoms with Gasteiger partial charge in [0.2, 0.25) is 10.0 Å². The molecule has 0 unspecified atom stereocenters. The second kappa shape index (κ2) is 5.63. The van der Waals surface area contributed by atoms with Gasteiger partial charge in [0.15, 0.2) is 0 Å². The molecule has 0 amide bonds. The Labute approximate surface area is 123 Å². The van der Waals surface area contributed by atoms with Gasteiger partial charge in [-0.2, -0.15) is 10.2 Å². The number of anilines is 1. The van der Waals surface area contributed by atoms with Crippen molar-refractivity contribution < 1.29 is 8.42 Å². The molecule has 4 N–H and O–H groups in total. The van der Waals surface area contributed by atoms with Crippen molar-refractivity contribution in [3.8, 4) is 0 Å². The van der Waals surface area contributed by atoms with Crippen LogP contribution in [0.25, 0.3) is 0 Å². The Bertz CT molecular complexity index is 796. The van der Waals surface area contributed by atoms with Gasteiger partial charge in [-0.25, -0.2) is 13.6 Å². The molecule has 2 aromatic rings. The molecule has 21 heavy (non-hydrogen) atoms. The number of nitrogens with two attached hydrogens (primary N) is 2. The van der Waals surface area contributed by atoms with E-state index in [2.05, 4.69) is 10.2 Å². The van der Waals surface area contributed by atoms with Crippen molar-refractivity contribution in [2.75, 3.05) is 5.73 Å². The van der Waals surface area contributed by atoms with Crippen molar-refractivity contribution in [3.05, 3.63) is 47.5 Å². The number of sulfonamides is 1. The highest BCUT2D eigenvalue weighted by molar-refractivity contribution is 7.89. The molecule has 0 radical (unpaired) electrons. The molecule has 0 fully saturated rings. The van der Waals surface area contributed by atoms with E-state index < -0.39 is 10.0 Å². The Morgan fingerprint density at radius 2 is 1.57 bits per heavy atom. The molecule has 0 saturated heterocycles. The summed E-state index contributed by atoms with van der Waals surface area (Å²) in [6.45, 7) is 3.79. The lowest BCUT2D eigenvalue weighted by Gasteiger charge is -2.04. The minimum Gasteiger partial charge on any atom is -0.399 e. The van der Waals surface area contributed by atoms with Crippen LogP contribution in [0.1, 0.15) is 11.1 Å². The summed E-state index contributed by atoms with van der Waals surface area (Å²) in [4.78, 5) is 0.0426. The topological polar surface area (TPSA) is 111 Å². The van der Waals surface area contributed by atoms with Gasteiger partial charge in [-0.15, -0.1) is 0 Å². The monoisotopic (exact) mass is 304 g/mol. The molecule has 0 aliphatic rings. The van der Waals surface area contributed by atoms with E-state index in [9.17, 15) is 8.42 Å². The minimum absolute atomic E-state index is 0.0426. The fourth-order valence-corrected chi connectivity index (χ4v) is 2.26. The molecule has 0 spiro atoms. The average Bonchev–Trinajstić information content (AvgIpc) is 2.41. The quantitative estimate of drug-likeness (QED) is 0.671. The normalized spacial score (nSPS) is 12.0. The standard InChI is InChI=1S/C14H16N4O2S/c1-9-8-14(10(2)7-13(9)15)18-17-11-3-5-12(6-4-11)21(16,19)20/h3-8H,15H2,1-2H3,(H2,16,19,20). The van der Waals surface area contributed by atoms with Crippen LogP contribution >= 0.6 is 0 Å². The predicted molar refractivity (Wildman–Crippen MR) is 82.3 cm³/mol. The number of azo groups is 1. The van der Waals surface area contributed by atoms with Crippen molar-refractivity contribution in [1.82, 2.24) is 0 Å². The summed E-state index contributed by atoms with van der Waals surface area (Å²) in [6, 6.07) is 9.57. The van der Waals surface area contributed by atoms with Crippen LogP contribution in [-0.4, -0.2) is 8.42 Å². The maximum Gasteiger partial charge on any atom is 0.238 e. The Kier molecular flexibility index (Phi) is 4.06. The number of rotatable bonds is 3. The van der Waals surface area contributed by atoms with E-state index in [1.807, 2.05) is 26.0 Å². The van der Waals surface area contributed by atoms with Gasteiger partial charge >= 0.3 is 0 Å². The number of hydrogen-bond acceptors (Lipinski definition) is 5. The summed E-state index contributed by atoms with van der Waals surface area (Å²) in [5.41, 5.74) is 9.63. The lowest BCUT2D eigenvalue weighted by Crippen LogP contribution is -2.11. The summed E-state index contributed by atoms with van der Waals surface area (Å²) in [5, 5.41) is 13.3. The number of primary sulfonamides is 1. The number of aryl methyl sites for hydroxylation is 2. The molecule has 2 rings (SSSR count). The Balaban J connectivity index is 2.28. The minimum atomic E-state index is -3.69. The zero-order valence-corrected chi connectivity index (χ0v) is 12.6. The lowest BCUT2D eigenvalue weighted by molar-refractivity contribution is 0.598. The molecule has 0 aliphatic heterocycles. The molecular weight excluding hydrogens is 288 g/mol. The third-order valence-corrected chi connectivity index (χ3v) is 3.95. The van der Waals surface area contributed by atoms with Gasteiger partial charge < -0.3 is 5.73 Å². The van der Waals surface area contributed by atoms with Gasteiger partial charge in [0, 0.05) is 5.69 Å². The molecule has 0 saturated carbocycles. The predicted octanol–water partition coefficient (Wildman–Crippen LogP) is 2.95. The fraction of sp³-hybridized carbons (Fsp3) is 0.143. The SMILES string of the molecule is Cc1cc(N=Nc2ccc(S(N)(=O)=O)cc2)c(C)cc1N. The highest BCUT2D eigenvalue weighted by Gasteiger charge is 2.06. The van der Waals surface area contributed by atoms with E-state index in [0.29, 0.717) is 11.4 Å². The van der Waals surface area contributed by atoms with E-state index in [1.165, 1.54) is 12.1 Å². The first-order valence-electron chi connectivity index (χ1n) is 6.19. The van der Waals surface area contributed by atoms with Gasteiger partial charge in [-0.1, -0.05) is 0 Å². The molecule has 6 nitrogen and oxygen atoms in total. The van der Waals surface area contributed by atoms with E-state index in [4.69, 9.17) is 10.9 Å². The summed E-state index contributed by atoms with van der Waals surface area (Å²) in [5.74, 6) is 0. The number of nitrogen functional groups attached to an aromatic ring is 1. The summed E-state index contributed by atoms with van der Waals surface area (Å²) < 4.78 is 22.3. The fourth-order valence-electron chi connectivity index (χ4n) is 1.75. The molecule has 2 aromatic carbocycles. The summed E-state index contributed by atoms with van der Waals surface area (Å²) >= 11 is 0. The van der Waals surface area contributed by atoms with Crippen LogP contribution in [0.5, 0.6) is 0 Å². The lowest BCUT2D eigenvalue weighted by atomic mass is 10.1. The van der Waals surface area contributed by atoms with Gasteiger partial charge in [0.25, 0.3) is 0 Å².